The lowest BCUT2D eigenvalue weighted by Crippen LogP contribution is -2.53. The monoisotopic (exact) mass is 214 g/mol. The van der Waals surface area contributed by atoms with Gasteiger partial charge in [0, 0.05) is 45.6 Å². The van der Waals surface area contributed by atoms with Crippen molar-refractivity contribution >= 4 is 5.91 Å². The lowest BCUT2D eigenvalue weighted by molar-refractivity contribution is -0.129. The second-order valence-electron chi connectivity index (χ2n) is 4.31. The molecule has 0 unspecified atom stereocenters. The maximum absolute atomic E-state index is 10.9. The molecule has 0 aromatic carbocycles. The minimum absolute atomic E-state index is 0.169. The van der Waals surface area contributed by atoms with E-state index in [1.54, 1.807) is 6.92 Å². The van der Waals surface area contributed by atoms with Gasteiger partial charge in [-0.15, -0.1) is 0 Å². The predicted octanol–water partition coefficient (Wildman–Crippen LogP) is 1.83. The smallest absolute Gasteiger partial charge is 0.219 e. The first kappa shape index (κ1) is 14.4. The topological polar surface area (TPSA) is 23.6 Å². The number of rotatable bonds is 3. The first-order valence-corrected chi connectivity index (χ1v) is 5.96. The van der Waals surface area contributed by atoms with Crippen LogP contribution >= 0.6 is 0 Å². The van der Waals surface area contributed by atoms with Crippen molar-refractivity contribution in [2.24, 2.45) is 5.92 Å². The van der Waals surface area contributed by atoms with Gasteiger partial charge in [-0.2, -0.15) is 0 Å². The molecule has 1 rings (SSSR count). The summed E-state index contributed by atoms with van der Waals surface area (Å²) in [6, 6.07) is 0.652. The van der Waals surface area contributed by atoms with E-state index < -0.39 is 0 Å². The van der Waals surface area contributed by atoms with Gasteiger partial charge in [-0.25, -0.2) is 0 Å². The molecule has 3 heteroatoms. The molecule has 0 N–H and O–H groups in total. The lowest BCUT2D eigenvalue weighted by atomic mass is 9.98. The Labute approximate surface area is 94.4 Å². The number of likely N-dealkylation sites (tertiary alicyclic amines) is 1. The molecule has 0 aliphatic carbocycles. The molecule has 0 spiro atoms. The summed E-state index contributed by atoms with van der Waals surface area (Å²) in [5, 5.41) is 0. The fraction of sp³-hybridized carbons (Fsp3) is 0.917. The Morgan fingerprint density at radius 2 is 1.87 bits per heavy atom. The molecule has 0 aromatic heterocycles. The van der Waals surface area contributed by atoms with Gasteiger partial charge in [-0.3, -0.25) is 4.79 Å². The summed E-state index contributed by atoms with van der Waals surface area (Å²) in [5.74, 6) is 0.860. The summed E-state index contributed by atoms with van der Waals surface area (Å²) < 4.78 is 0. The summed E-state index contributed by atoms with van der Waals surface area (Å²) in [6.45, 7) is 13.3. The molecule has 1 fully saturated rings. The van der Waals surface area contributed by atoms with Gasteiger partial charge < -0.3 is 9.80 Å². The van der Waals surface area contributed by atoms with E-state index in [1.165, 1.54) is 0 Å². The minimum Gasteiger partial charge on any atom is -0.346 e. The molecule has 1 saturated heterocycles. The SMILES string of the molecule is CC.CC(=O)N(C)CC1CN(C(C)C)C1. The zero-order chi connectivity index (χ0) is 12.0. The Bertz CT molecular complexity index is 186. The van der Waals surface area contributed by atoms with Gasteiger partial charge in [-0.1, -0.05) is 13.8 Å². The van der Waals surface area contributed by atoms with Crippen LogP contribution in [-0.4, -0.2) is 48.4 Å². The second kappa shape index (κ2) is 6.83. The van der Waals surface area contributed by atoms with Crippen molar-refractivity contribution in [1.82, 2.24) is 9.80 Å². The van der Waals surface area contributed by atoms with Gasteiger partial charge in [0.25, 0.3) is 0 Å². The fourth-order valence-corrected chi connectivity index (χ4v) is 1.66. The molecular formula is C12H26N2O. The van der Waals surface area contributed by atoms with Gasteiger partial charge in [0.05, 0.1) is 0 Å². The second-order valence-corrected chi connectivity index (χ2v) is 4.31. The average molecular weight is 214 g/mol. The number of carbonyl (C=O) groups is 1. The third kappa shape index (κ3) is 4.65. The molecular weight excluding hydrogens is 188 g/mol. The summed E-state index contributed by atoms with van der Waals surface area (Å²) in [7, 11) is 1.88. The highest BCUT2D eigenvalue weighted by Crippen LogP contribution is 2.18. The quantitative estimate of drug-likeness (QED) is 0.715. The fourth-order valence-electron chi connectivity index (χ4n) is 1.66. The van der Waals surface area contributed by atoms with Gasteiger partial charge in [0.2, 0.25) is 5.91 Å². The van der Waals surface area contributed by atoms with Crippen LogP contribution in [0, 0.1) is 5.92 Å². The van der Waals surface area contributed by atoms with E-state index in [-0.39, 0.29) is 5.91 Å². The molecule has 0 radical (unpaired) electrons. The van der Waals surface area contributed by atoms with Crippen LogP contribution in [0.3, 0.4) is 0 Å². The number of carbonyl (C=O) groups excluding carboxylic acids is 1. The van der Waals surface area contributed by atoms with Crippen molar-refractivity contribution < 1.29 is 4.79 Å². The van der Waals surface area contributed by atoms with Crippen LogP contribution < -0.4 is 0 Å². The molecule has 1 heterocycles. The highest BCUT2D eigenvalue weighted by Gasteiger charge is 2.29. The molecule has 15 heavy (non-hydrogen) atoms. The molecule has 3 nitrogen and oxygen atoms in total. The molecule has 0 atom stereocenters. The lowest BCUT2D eigenvalue weighted by Gasteiger charge is -2.43. The number of amides is 1. The molecule has 0 bridgehead atoms. The van der Waals surface area contributed by atoms with Gasteiger partial charge in [0.1, 0.15) is 0 Å². The summed E-state index contributed by atoms with van der Waals surface area (Å²) in [5.41, 5.74) is 0. The molecule has 1 aliphatic rings. The summed E-state index contributed by atoms with van der Waals surface area (Å²) in [4.78, 5) is 15.2. The zero-order valence-electron chi connectivity index (χ0n) is 11.1. The van der Waals surface area contributed by atoms with E-state index in [4.69, 9.17) is 0 Å². The highest BCUT2D eigenvalue weighted by molar-refractivity contribution is 5.72. The third-order valence-corrected chi connectivity index (χ3v) is 2.79. The van der Waals surface area contributed by atoms with E-state index >= 15 is 0 Å². The van der Waals surface area contributed by atoms with Gasteiger partial charge in [0.15, 0.2) is 0 Å². The van der Waals surface area contributed by atoms with Crippen LogP contribution in [0.5, 0.6) is 0 Å². The van der Waals surface area contributed by atoms with E-state index in [9.17, 15) is 4.79 Å². The van der Waals surface area contributed by atoms with Crippen molar-refractivity contribution in [3.63, 3.8) is 0 Å². The summed E-state index contributed by atoms with van der Waals surface area (Å²) in [6.07, 6.45) is 0. The molecule has 0 aromatic rings. The largest absolute Gasteiger partial charge is 0.346 e. The Hall–Kier alpha value is -0.570. The summed E-state index contributed by atoms with van der Waals surface area (Å²) >= 11 is 0. The molecule has 0 saturated carbocycles. The average Bonchev–Trinajstić information content (AvgIpc) is 2.12. The van der Waals surface area contributed by atoms with Crippen LogP contribution in [-0.2, 0) is 4.79 Å². The zero-order valence-corrected chi connectivity index (χ0v) is 11.1. The Morgan fingerprint density at radius 3 is 2.20 bits per heavy atom. The molecule has 1 amide bonds. The maximum atomic E-state index is 10.9. The number of hydrogen-bond donors (Lipinski definition) is 0. The maximum Gasteiger partial charge on any atom is 0.219 e. The number of hydrogen-bond acceptors (Lipinski definition) is 2. The number of nitrogens with zero attached hydrogens (tertiary/aromatic N) is 2. The first-order valence-electron chi connectivity index (χ1n) is 5.96. The Kier molecular flexibility index (Phi) is 6.57. The van der Waals surface area contributed by atoms with Crippen molar-refractivity contribution in [2.75, 3.05) is 26.7 Å². The van der Waals surface area contributed by atoms with E-state index in [2.05, 4.69) is 18.7 Å². The van der Waals surface area contributed by atoms with Crippen LogP contribution in [0.4, 0.5) is 0 Å². The van der Waals surface area contributed by atoms with Crippen LogP contribution in [0.2, 0.25) is 0 Å². The van der Waals surface area contributed by atoms with Crippen LogP contribution in [0.1, 0.15) is 34.6 Å². The van der Waals surface area contributed by atoms with Crippen molar-refractivity contribution in [3.05, 3.63) is 0 Å². The van der Waals surface area contributed by atoms with E-state index in [1.807, 2.05) is 25.8 Å². The first-order chi connectivity index (χ1) is 7.00. The highest BCUT2D eigenvalue weighted by atomic mass is 16.2. The minimum atomic E-state index is 0.169. The van der Waals surface area contributed by atoms with Crippen LogP contribution in [0.15, 0.2) is 0 Å². The van der Waals surface area contributed by atoms with E-state index in [0.717, 1.165) is 19.6 Å². The normalized spacial score (nSPS) is 16.7. The van der Waals surface area contributed by atoms with Crippen molar-refractivity contribution in [2.45, 2.75) is 40.7 Å². The van der Waals surface area contributed by atoms with Crippen LogP contribution in [0.25, 0.3) is 0 Å². The molecule has 90 valence electrons. The van der Waals surface area contributed by atoms with Crippen molar-refractivity contribution in [3.8, 4) is 0 Å². The Balaban J connectivity index is 0.000000921. The van der Waals surface area contributed by atoms with Crippen molar-refractivity contribution in [1.29, 1.82) is 0 Å². The third-order valence-electron chi connectivity index (χ3n) is 2.79. The standard InChI is InChI=1S/C10H20N2O.C2H6/c1-8(2)12-6-10(7-12)5-11(4)9(3)13;1-2/h8,10H,5-7H2,1-4H3;1-2H3. The molecule has 1 aliphatic heterocycles. The van der Waals surface area contributed by atoms with E-state index in [0.29, 0.717) is 12.0 Å². The Morgan fingerprint density at radius 1 is 1.40 bits per heavy atom. The van der Waals surface area contributed by atoms with Gasteiger partial charge in [-0.05, 0) is 13.8 Å². The van der Waals surface area contributed by atoms with Gasteiger partial charge >= 0.3 is 0 Å². The predicted molar refractivity (Wildman–Crippen MR) is 64.9 cm³/mol.